The second-order valence-corrected chi connectivity index (χ2v) is 6.60. The summed E-state index contributed by atoms with van der Waals surface area (Å²) in [6, 6.07) is 6.72. The van der Waals surface area contributed by atoms with Gasteiger partial charge in [0.2, 0.25) is 0 Å². The molecule has 10 nitrogen and oxygen atoms in total. The highest BCUT2D eigenvalue weighted by molar-refractivity contribution is 6.30. The topological polar surface area (TPSA) is 124 Å². The van der Waals surface area contributed by atoms with Crippen molar-refractivity contribution >= 4 is 35.0 Å². The maximum atomic E-state index is 12.0. The number of carbonyl (C=O) groups excluding carboxylic acids is 2. The highest BCUT2D eigenvalue weighted by Gasteiger charge is 2.15. The van der Waals surface area contributed by atoms with Gasteiger partial charge in [0.25, 0.3) is 5.91 Å². The maximum Gasteiger partial charge on any atom is 0.316 e. The summed E-state index contributed by atoms with van der Waals surface area (Å²) in [6.07, 6.45) is 3.07. The van der Waals surface area contributed by atoms with E-state index in [2.05, 4.69) is 25.9 Å². The highest BCUT2D eigenvalue weighted by Crippen LogP contribution is 2.16. The number of amides is 2. The minimum absolute atomic E-state index is 0.168. The Morgan fingerprint density at radius 1 is 1.17 bits per heavy atom. The largest absolute Gasteiger partial charge is 0.484 e. The number of nitrogens with one attached hydrogen (secondary N) is 2. The number of rotatable bonds is 9. The molecule has 0 spiro atoms. The van der Waals surface area contributed by atoms with E-state index in [4.69, 9.17) is 32.5 Å². The molecule has 2 amide bonds. The molecule has 152 valence electrons. The third-order valence-electron chi connectivity index (χ3n) is 3.47. The Morgan fingerprint density at radius 2 is 2.00 bits per heavy atom. The second kappa shape index (κ2) is 9.89. The monoisotopic (exact) mass is 438 g/mol. The standard InChI is InChI=1S/C17H16Cl2N6O4/c18-11-2-1-3-13(6-11)28-10-15(26)20-4-5-21-16(27)17-23-14(24-29-17)9-25-8-12(19)7-22-25/h1-3,6-8H,4-5,9-10H2,(H,20,26)(H,21,27). The lowest BCUT2D eigenvalue weighted by Crippen LogP contribution is -2.36. The van der Waals surface area contributed by atoms with Crippen LogP contribution >= 0.6 is 23.2 Å². The molecule has 0 saturated heterocycles. The predicted octanol–water partition coefficient (Wildman–Crippen LogP) is 1.55. The SMILES string of the molecule is O=C(COc1cccc(Cl)c1)NCCNC(=O)c1nc(Cn2cc(Cl)cn2)no1. The lowest BCUT2D eigenvalue weighted by Gasteiger charge is -2.08. The lowest BCUT2D eigenvalue weighted by atomic mass is 10.3. The van der Waals surface area contributed by atoms with E-state index < -0.39 is 5.91 Å². The smallest absolute Gasteiger partial charge is 0.316 e. The Labute approximate surface area is 175 Å². The number of ether oxygens (including phenoxy) is 1. The van der Waals surface area contributed by atoms with Gasteiger partial charge in [0, 0.05) is 24.3 Å². The van der Waals surface area contributed by atoms with Crippen LogP contribution in [0.2, 0.25) is 10.0 Å². The summed E-state index contributed by atoms with van der Waals surface area (Å²) >= 11 is 11.6. The number of aromatic nitrogens is 4. The molecule has 29 heavy (non-hydrogen) atoms. The van der Waals surface area contributed by atoms with Gasteiger partial charge in [-0.15, -0.1) is 0 Å². The van der Waals surface area contributed by atoms with Gasteiger partial charge < -0.3 is 19.9 Å². The Balaban J connectivity index is 1.35. The zero-order valence-electron chi connectivity index (χ0n) is 15.0. The number of halogens is 2. The molecule has 2 aromatic heterocycles. The summed E-state index contributed by atoms with van der Waals surface area (Å²) in [4.78, 5) is 27.7. The molecule has 0 aliphatic heterocycles. The highest BCUT2D eigenvalue weighted by atomic mass is 35.5. The van der Waals surface area contributed by atoms with Gasteiger partial charge in [-0.1, -0.05) is 34.4 Å². The number of hydrogen-bond acceptors (Lipinski definition) is 7. The van der Waals surface area contributed by atoms with E-state index >= 15 is 0 Å². The van der Waals surface area contributed by atoms with Gasteiger partial charge in [0.15, 0.2) is 12.4 Å². The molecule has 3 aromatic rings. The minimum atomic E-state index is -0.549. The van der Waals surface area contributed by atoms with Gasteiger partial charge in [-0.2, -0.15) is 10.1 Å². The van der Waals surface area contributed by atoms with Crippen LogP contribution in [-0.2, 0) is 11.3 Å². The Kier molecular flexibility index (Phi) is 7.04. The molecule has 0 saturated carbocycles. The fourth-order valence-corrected chi connectivity index (χ4v) is 2.53. The fraction of sp³-hybridized carbons (Fsp3) is 0.235. The predicted molar refractivity (Wildman–Crippen MR) is 103 cm³/mol. The third kappa shape index (κ3) is 6.47. The van der Waals surface area contributed by atoms with Crippen LogP contribution in [-0.4, -0.2) is 51.4 Å². The van der Waals surface area contributed by atoms with Crippen LogP contribution in [0.15, 0.2) is 41.2 Å². The van der Waals surface area contributed by atoms with Crippen LogP contribution in [0.4, 0.5) is 0 Å². The molecular formula is C17H16Cl2N6O4. The summed E-state index contributed by atoms with van der Waals surface area (Å²) < 4.78 is 11.7. The molecule has 3 rings (SSSR count). The van der Waals surface area contributed by atoms with Crippen molar-refractivity contribution in [3.05, 3.63) is 58.4 Å². The van der Waals surface area contributed by atoms with Gasteiger partial charge in [0.1, 0.15) is 12.3 Å². The van der Waals surface area contributed by atoms with Crippen LogP contribution in [0.25, 0.3) is 0 Å². The van der Waals surface area contributed by atoms with Crippen molar-refractivity contribution in [2.75, 3.05) is 19.7 Å². The molecule has 0 aliphatic rings. The first-order valence-corrected chi connectivity index (χ1v) is 9.19. The summed E-state index contributed by atoms with van der Waals surface area (Å²) in [7, 11) is 0. The van der Waals surface area contributed by atoms with Crippen LogP contribution in [0.1, 0.15) is 16.5 Å². The van der Waals surface area contributed by atoms with Gasteiger partial charge in [-0.25, -0.2) is 0 Å². The van der Waals surface area contributed by atoms with Crippen LogP contribution in [0, 0.1) is 0 Å². The number of benzene rings is 1. The van der Waals surface area contributed by atoms with E-state index in [1.165, 1.54) is 10.9 Å². The first kappa shape index (κ1) is 20.6. The van der Waals surface area contributed by atoms with E-state index in [0.717, 1.165) is 0 Å². The molecule has 0 bridgehead atoms. The number of nitrogens with zero attached hydrogens (tertiary/aromatic N) is 4. The van der Waals surface area contributed by atoms with E-state index in [0.29, 0.717) is 15.8 Å². The van der Waals surface area contributed by atoms with Crippen LogP contribution < -0.4 is 15.4 Å². The molecule has 2 heterocycles. The summed E-state index contributed by atoms with van der Waals surface area (Å²) in [5.41, 5.74) is 0. The van der Waals surface area contributed by atoms with Gasteiger partial charge in [0.05, 0.1) is 11.2 Å². The number of hydrogen-bond donors (Lipinski definition) is 2. The Morgan fingerprint density at radius 3 is 2.76 bits per heavy atom. The Hall–Kier alpha value is -3.11. The van der Waals surface area contributed by atoms with Crippen molar-refractivity contribution in [2.24, 2.45) is 0 Å². The van der Waals surface area contributed by atoms with Crippen molar-refractivity contribution in [3.8, 4) is 5.75 Å². The van der Waals surface area contributed by atoms with Crippen molar-refractivity contribution in [1.29, 1.82) is 0 Å². The average Bonchev–Trinajstić information content (AvgIpc) is 3.33. The molecule has 0 aliphatic carbocycles. The first-order valence-electron chi connectivity index (χ1n) is 8.43. The van der Waals surface area contributed by atoms with E-state index in [1.807, 2.05) is 0 Å². The first-order chi connectivity index (χ1) is 14.0. The third-order valence-corrected chi connectivity index (χ3v) is 3.90. The maximum absolute atomic E-state index is 12.0. The normalized spacial score (nSPS) is 10.6. The molecule has 0 unspecified atom stereocenters. The summed E-state index contributed by atoms with van der Waals surface area (Å²) in [5.74, 6) is -0.301. The molecule has 0 fully saturated rings. The lowest BCUT2D eigenvalue weighted by molar-refractivity contribution is -0.123. The quantitative estimate of drug-likeness (QED) is 0.485. The van der Waals surface area contributed by atoms with Crippen molar-refractivity contribution in [2.45, 2.75) is 6.54 Å². The van der Waals surface area contributed by atoms with Gasteiger partial charge in [-0.05, 0) is 18.2 Å². The van der Waals surface area contributed by atoms with E-state index in [1.54, 1.807) is 30.5 Å². The van der Waals surface area contributed by atoms with Gasteiger partial charge in [-0.3, -0.25) is 14.3 Å². The van der Waals surface area contributed by atoms with Crippen molar-refractivity contribution in [3.63, 3.8) is 0 Å². The van der Waals surface area contributed by atoms with Gasteiger partial charge >= 0.3 is 11.8 Å². The Bertz CT molecular complexity index is 990. The van der Waals surface area contributed by atoms with Crippen LogP contribution in [0.3, 0.4) is 0 Å². The fourth-order valence-electron chi connectivity index (χ4n) is 2.19. The van der Waals surface area contributed by atoms with Crippen LogP contribution in [0.5, 0.6) is 5.75 Å². The summed E-state index contributed by atoms with van der Waals surface area (Å²) in [6.45, 7) is 0.426. The summed E-state index contributed by atoms with van der Waals surface area (Å²) in [5, 5.41) is 13.9. The van der Waals surface area contributed by atoms with E-state index in [9.17, 15) is 9.59 Å². The molecule has 0 radical (unpaired) electrons. The zero-order valence-corrected chi connectivity index (χ0v) is 16.5. The number of carbonyl (C=O) groups is 2. The van der Waals surface area contributed by atoms with Crippen molar-refractivity contribution < 1.29 is 18.8 Å². The van der Waals surface area contributed by atoms with Crippen molar-refractivity contribution in [1.82, 2.24) is 30.6 Å². The molecular weight excluding hydrogens is 423 g/mol. The second-order valence-electron chi connectivity index (χ2n) is 5.72. The molecule has 2 N–H and O–H groups in total. The zero-order chi connectivity index (χ0) is 20.6. The average molecular weight is 439 g/mol. The molecule has 12 heteroatoms. The minimum Gasteiger partial charge on any atom is -0.484 e. The van der Waals surface area contributed by atoms with E-state index in [-0.39, 0.29) is 43.9 Å². The molecule has 0 atom stereocenters. The molecule has 1 aromatic carbocycles.